The Bertz CT molecular complexity index is 2390. The van der Waals surface area contributed by atoms with Crippen molar-refractivity contribution in [2.45, 2.75) is 123 Å². The van der Waals surface area contributed by atoms with E-state index in [1.807, 2.05) is 38.1 Å². The molecule has 6 rings (SSSR count). The van der Waals surface area contributed by atoms with Gasteiger partial charge < -0.3 is 34.5 Å². The number of rotatable bonds is 12. The second-order valence-corrected chi connectivity index (χ2v) is 23.7. The second kappa shape index (κ2) is 18.1. The summed E-state index contributed by atoms with van der Waals surface area (Å²) in [7, 11) is -3.90. The maximum absolute atomic E-state index is 15.0. The first kappa shape index (κ1) is 49.0. The normalized spacial score (nSPS) is 21.1. The molecule has 3 atom stereocenters. The topological polar surface area (TPSA) is 170 Å². The molecule has 2 amide bonds. The van der Waals surface area contributed by atoms with Gasteiger partial charge in [0.05, 0.1) is 16.3 Å². The fourth-order valence-corrected chi connectivity index (χ4v) is 11.7. The van der Waals surface area contributed by atoms with Gasteiger partial charge >= 0.3 is 18.0 Å². The van der Waals surface area contributed by atoms with Crippen molar-refractivity contribution in [2.24, 2.45) is 17.8 Å². The number of nitrogens with one attached hydrogen (secondary N) is 2. The highest BCUT2D eigenvalue weighted by Crippen LogP contribution is 2.52. The summed E-state index contributed by atoms with van der Waals surface area (Å²) in [4.78, 5) is 53.8. The number of amides is 2. The van der Waals surface area contributed by atoms with E-state index in [1.54, 1.807) is 67.2 Å². The predicted molar refractivity (Wildman–Crippen MR) is 245 cm³/mol. The Hall–Kier alpha value is -4.45. The Morgan fingerprint density at radius 2 is 1.55 bits per heavy atom. The van der Waals surface area contributed by atoms with Crippen LogP contribution in [0.15, 0.2) is 42.5 Å². The van der Waals surface area contributed by atoms with Crippen LogP contribution in [0.25, 0.3) is 10.4 Å². The molecule has 2 aromatic carbocycles. The fraction of sp³-hybridized carbons (Fsp3) is 0.565. The van der Waals surface area contributed by atoms with Gasteiger partial charge in [-0.2, -0.15) is 4.31 Å². The Balaban J connectivity index is 1.09. The molecule has 350 valence electrons. The van der Waals surface area contributed by atoms with Gasteiger partial charge in [-0.25, -0.2) is 27.2 Å². The summed E-state index contributed by atoms with van der Waals surface area (Å²) in [6.45, 7) is 20.0. The summed E-state index contributed by atoms with van der Waals surface area (Å²) >= 11 is 7.97. The number of benzene rings is 2. The summed E-state index contributed by atoms with van der Waals surface area (Å²) in [5.41, 5.74) is -1.33. The molecular weight excluding hydrogens is 887 g/mol. The van der Waals surface area contributed by atoms with Crippen molar-refractivity contribution in [3.8, 4) is 16.2 Å². The number of hydrogen-bond acceptors (Lipinski definition) is 12. The maximum Gasteiger partial charge on any atom is 0.410 e. The molecule has 3 aliphatic rings. The minimum Gasteiger partial charge on any atom is -0.479 e. The molecule has 3 heterocycles. The minimum absolute atomic E-state index is 0.0204. The van der Waals surface area contributed by atoms with Gasteiger partial charge in [-0.3, -0.25) is 4.79 Å². The Morgan fingerprint density at radius 3 is 2.16 bits per heavy atom. The van der Waals surface area contributed by atoms with Gasteiger partial charge in [0.2, 0.25) is 15.9 Å². The molecule has 64 heavy (non-hydrogen) atoms. The number of anilines is 2. The zero-order valence-corrected chi connectivity index (χ0v) is 40.7. The smallest absolute Gasteiger partial charge is 0.410 e. The highest BCUT2D eigenvalue weighted by atomic mass is 35.5. The molecule has 0 spiro atoms. The molecule has 0 radical (unpaired) electrons. The third-order valence-electron chi connectivity index (χ3n) is 10.9. The number of piperidine rings is 2. The zero-order chi connectivity index (χ0) is 47.3. The van der Waals surface area contributed by atoms with Crippen molar-refractivity contribution in [1.29, 1.82) is 0 Å². The molecule has 0 bridgehead atoms. The first-order chi connectivity index (χ1) is 29.5. The van der Waals surface area contributed by atoms with E-state index in [2.05, 4.69) is 10.6 Å². The number of esters is 2. The molecule has 2 saturated heterocycles. The lowest BCUT2D eigenvalue weighted by molar-refractivity contribution is -0.157. The number of nitrogens with zero attached hydrogens (tertiary/aromatic N) is 2. The van der Waals surface area contributed by atoms with Crippen LogP contribution in [0.3, 0.4) is 0 Å². The van der Waals surface area contributed by atoms with E-state index >= 15 is 4.39 Å². The third-order valence-corrected chi connectivity index (χ3v) is 14.6. The van der Waals surface area contributed by atoms with Gasteiger partial charge in [-0.15, -0.1) is 11.3 Å². The van der Waals surface area contributed by atoms with E-state index < -0.39 is 68.6 Å². The number of carbonyl (C=O) groups is 4. The first-order valence-electron chi connectivity index (χ1n) is 21.4. The number of sulfonamides is 1. The number of halogens is 2. The highest BCUT2D eigenvalue weighted by Gasteiger charge is 2.60. The number of ether oxygens (including phenoxy) is 4. The number of hydrogen-bond donors (Lipinski definition) is 2. The number of fused-ring (bicyclic) bond motifs is 1. The minimum atomic E-state index is -3.90. The van der Waals surface area contributed by atoms with Crippen molar-refractivity contribution in [3.63, 3.8) is 0 Å². The van der Waals surface area contributed by atoms with E-state index in [9.17, 15) is 27.6 Å². The molecule has 14 nitrogen and oxygen atoms in total. The standard InChI is InChI=1S/C46H60ClFN4O10S2/c1-43(2,3)60-34(53)24-59-37-36(47)38(63-39(37)41(55)61-44(4,5)6)27-13-12-14-28(20-27)49-29-17-18-52(46(10,11)21-29)64(57,58)25-26-15-16-32(48)33(19-26)50-40(54)35-30-22-51(23-31(30)35)42(56)62-45(7,8)9/h12-16,19-20,29-31,35,49H,17-18,21-25H2,1-11H3,(H,50,54)/t29-,30?,31?,35?/m1/s1. The van der Waals surface area contributed by atoms with Crippen LogP contribution in [0.1, 0.15) is 104 Å². The molecule has 18 heteroatoms. The van der Waals surface area contributed by atoms with E-state index in [0.29, 0.717) is 41.9 Å². The van der Waals surface area contributed by atoms with Crippen molar-refractivity contribution < 1.29 is 50.9 Å². The van der Waals surface area contributed by atoms with Crippen molar-refractivity contribution in [3.05, 3.63) is 63.7 Å². The molecule has 3 fully saturated rings. The molecule has 1 aromatic heterocycles. The van der Waals surface area contributed by atoms with E-state index in [-0.39, 0.29) is 57.6 Å². The van der Waals surface area contributed by atoms with Crippen LogP contribution >= 0.6 is 22.9 Å². The van der Waals surface area contributed by atoms with E-state index in [0.717, 1.165) is 23.1 Å². The number of likely N-dealkylation sites (tertiary alicyclic amines) is 1. The SMILES string of the molecule is CC(C)(C)OC(=O)COc1c(C(=O)OC(C)(C)C)sc(-c2cccc(N[C@@H]3CCN(S(=O)(=O)Cc4ccc(F)c(NC(=O)C5C6CN(C(=O)OC(C)(C)C)CC65)c4)C(C)(C)C3)c2)c1Cl. The quantitative estimate of drug-likeness (QED) is 0.131. The van der Waals surface area contributed by atoms with Crippen LogP contribution < -0.4 is 15.4 Å². The van der Waals surface area contributed by atoms with Gasteiger partial charge in [0.25, 0.3) is 0 Å². The summed E-state index contributed by atoms with van der Waals surface area (Å²) in [5.74, 6) is -3.17. The van der Waals surface area contributed by atoms with Gasteiger partial charge in [0.15, 0.2) is 17.2 Å². The number of carbonyl (C=O) groups excluding carboxylic acids is 4. The lowest BCUT2D eigenvalue weighted by Gasteiger charge is -2.45. The van der Waals surface area contributed by atoms with Crippen LogP contribution in [-0.4, -0.2) is 96.2 Å². The molecule has 3 aromatic rings. The first-order valence-corrected chi connectivity index (χ1v) is 24.2. The molecule has 1 aliphatic carbocycles. The lowest BCUT2D eigenvalue weighted by atomic mass is 9.89. The van der Waals surface area contributed by atoms with Crippen LogP contribution in [0.5, 0.6) is 5.75 Å². The van der Waals surface area contributed by atoms with Gasteiger partial charge in [-0.05, 0) is 136 Å². The monoisotopic (exact) mass is 946 g/mol. The average molecular weight is 948 g/mol. The van der Waals surface area contributed by atoms with Crippen molar-refractivity contribution in [1.82, 2.24) is 9.21 Å². The van der Waals surface area contributed by atoms with Gasteiger partial charge in [0.1, 0.15) is 27.6 Å². The lowest BCUT2D eigenvalue weighted by Crippen LogP contribution is -2.55. The van der Waals surface area contributed by atoms with Crippen LogP contribution in [0, 0.1) is 23.6 Å². The van der Waals surface area contributed by atoms with Gasteiger partial charge in [0, 0.05) is 42.8 Å². The van der Waals surface area contributed by atoms with Gasteiger partial charge in [-0.1, -0.05) is 29.8 Å². The Labute approximate surface area is 384 Å². The molecule has 1 saturated carbocycles. The molecule has 2 aliphatic heterocycles. The maximum atomic E-state index is 15.0. The molecule has 2 N–H and O–H groups in total. The summed E-state index contributed by atoms with van der Waals surface area (Å²) in [5, 5.41) is 6.36. The van der Waals surface area contributed by atoms with Crippen LogP contribution in [-0.2, 0) is 39.6 Å². The molecular formula is C46H60ClFN4O10S2. The fourth-order valence-electron chi connectivity index (χ4n) is 8.33. The predicted octanol–water partition coefficient (Wildman–Crippen LogP) is 9.12. The van der Waals surface area contributed by atoms with Crippen LogP contribution in [0.2, 0.25) is 5.02 Å². The summed E-state index contributed by atoms with van der Waals surface area (Å²) < 4.78 is 66.8. The van der Waals surface area contributed by atoms with E-state index in [1.165, 1.54) is 16.4 Å². The Kier molecular flexibility index (Phi) is 13.8. The largest absolute Gasteiger partial charge is 0.479 e. The second-order valence-electron chi connectivity index (χ2n) is 20.4. The average Bonchev–Trinajstić information content (AvgIpc) is 3.44. The summed E-state index contributed by atoms with van der Waals surface area (Å²) in [6, 6.07) is 11.3. The zero-order valence-electron chi connectivity index (χ0n) is 38.3. The van der Waals surface area contributed by atoms with E-state index in [4.69, 9.17) is 30.5 Å². The van der Waals surface area contributed by atoms with Crippen molar-refractivity contribution >= 4 is 68.3 Å². The Morgan fingerprint density at radius 1 is 0.906 bits per heavy atom. The third kappa shape index (κ3) is 12.1. The summed E-state index contributed by atoms with van der Waals surface area (Å²) in [6.07, 6.45) is 0.519. The number of thiophene rings is 1. The molecule has 2 unspecified atom stereocenters. The van der Waals surface area contributed by atoms with Crippen molar-refractivity contribution in [2.75, 3.05) is 36.9 Å². The highest BCUT2D eigenvalue weighted by molar-refractivity contribution is 7.88. The van der Waals surface area contributed by atoms with Crippen LogP contribution in [0.4, 0.5) is 20.6 Å².